The van der Waals surface area contributed by atoms with E-state index in [1.807, 2.05) is 7.05 Å². The summed E-state index contributed by atoms with van der Waals surface area (Å²) in [5.41, 5.74) is 5.29. The fourth-order valence-electron chi connectivity index (χ4n) is 3.40. The summed E-state index contributed by atoms with van der Waals surface area (Å²) in [5.74, 6) is 0. The summed E-state index contributed by atoms with van der Waals surface area (Å²) < 4.78 is 2.42. The Bertz CT molecular complexity index is 964. The van der Waals surface area contributed by atoms with Crippen molar-refractivity contribution >= 4 is 33.1 Å². The monoisotopic (exact) mass is 320 g/mol. The summed E-state index contributed by atoms with van der Waals surface area (Å²) in [6, 6.07) is 18.0. The number of hydrogen-bond acceptors (Lipinski definition) is 2. The molecule has 4 rings (SSSR count). The molecule has 0 amide bonds. The lowest BCUT2D eigenvalue weighted by atomic mass is 10.1. The minimum atomic E-state index is 0.905. The Kier molecular flexibility index (Phi) is 3.68. The first-order valence-electron chi connectivity index (χ1n) is 8.05. The van der Waals surface area contributed by atoms with Crippen molar-refractivity contribution < 1.29 is 0 Å². The van der Waals surface area contributed by atoms with Gasteiger partial charge in [-0.05, 0) is 54.7 Å². The quantitative estimate of drug-likeness (QED) is 0.542. The van der Waals surface area contributed by atoms with E-state index in [2.05, 4.69) is 70.7 Å². The molecule has 2 aromatic carbocycles. The molecule has 0 bridgehead atoms. The number of rotatable bonds is 4. The van der Waals surface area contributed by atoms with Crippen LogP contribution >= 0.6 is 11.3 Å². The maximum absolute atomic E-state index is 3.24. The molecule has 0 spiro atoms. The first-order chi connectivity index (χ1) is 11.3. The summed E-state index contributed by atoms with van der Waals surface area (Å²) in [6.07, 6.45) is 0. The van der Waals surface area contributed by atoms with Crippen LogP contribution in [0.2, 0.25) is 0 Å². The van der Waals surface area contributed by atoms with E-state index in [0.29, 0.717) is 0 Å². The van der Waals surface area contributed by atoms with Crippen LogP contribution in [-0.2, 0) is 13.1 Å². The van der Waals surface area contributed by atoms with E-state index in [4.69, 9.17) is 0 Å². The molecular weight excluding hydrogens is 300 g/mol. The number of fused-ring (bicyclic) bond motifs is 3. The topological polar surface area (TPSA) is 17.0 Å². The van der Waals surface area contributed by atoms with Crippen molar-refractivity contribution in [3.05, 3.63) is 59.5 Å². The third-order valence-corrected chi connectivity index (χ3v) is 5.35. The highest BCUT2D eigenvalue weighted by molar-refractivity contribution is 7.13. The van der Waals surface area contributed by atoms with Gasteiger partial charge in [0.25, 0.3) is 0 Å². The Labute approximate surface area is 140 Å². The molecule has 23 heavy (non-hydrogen) atoms. The lowest BCUT2D eigenvalue weighted by molar-refractivity contribution is 0.815. The van der Waals surface area contributed by atoms with Crippen LogP contribution in [0, 0.1) is 0 Å². The van der Waals surface area contributed by atoms with Crippen molar-refractivity contribution in [3.8, 4) is 10.4 Å². The van der Waals surface area contributed by atoms with E-state index in [1.165, 1.54) is 37.8 Å². The second kappa shape index (κ2) is 5.84. The third-order valence-electron chi connectivity index (χ3n) is 4.43. The third kappa shape index (κ3) is 2.37. The molecule has 0 aliphatic heterocycles. The molecule has 0 fully saturated rings. The minimum Gasteiger partial charge on any atom is -0.341 e. The molecule has 0 aliphatic rings. The molecule has 0 radical (unpaired) electrons. The van der Waals surface area contributed by atoms with Gasteiger partial charge in [0.05, 0.1) is 0 Å². The lowest BCUT2D eigenvalue weighted by Crippen LogP contribution is -2.04. The Morgan fingerprint density at radius 2 is 1.91 bits per heavy atom. The van der Waals surface area contributed by atoms with E-state index in [0.717, 1.165) is 13.1 Å². The van der Waals surface area contributed by atoms with Gasteiger partial charge < -0.3 is 9.88 Å². The van der Waals surface area contributed by atoms with E-state index >= 15 is 0 Å². The van der Waals surface area contributed by atoms with Gasteiger partial charge in [-0.1, -0.05) is 24.3 Å². The molecule has 0 saturated carbocycles. The summed E-state index contributed by atoms with van der Waals surface area (Å²) in [5, 5.41) is 8.08. The highest BCUT2D eigenvalue weighted by atomic mass is 32.1. The first kappa shape index (κ1) is 14.5. The Hall–Kier alpha value is -2.10. The molecule has 0 atom stereocenters. The van der Waals surface area contributed by atoms with Gasteiger partial charge in [0.2, 0.25) is 0 Å². The summed E-state index contributed by atoms with van der Waals surface area (Å²) in [4.78, 5) is 1.33. The van der Waals surface area contributed by atoms with Crippen molar-refractivity contribution in [3.63, 3.8) is 0 Å². The molecular formula is C20H20N2S. The fraction of sp³-hybridized carbons (Fsp3) is 0.200. The Morgan fingerprint density at radius 3 is 2.65 bits per heavy atom. The summed E-state index contributed by atoms with van der Waals surface area (Å²) >= 11 is 1.80. The van der Waals surface area contributed by atoms with Gasteiger partial charge in [0, 0.05) is 39.8 Å². The predicted octanol–water partition coefficient (Wildman–Crippen LogP) is 5.26. The maximum atomic E-state index is 3.24. The SMILES string of the molecule is CCn1c2ccc(CNC)cc2c2ccc(-c3cccs3)cc21. The molecule has 2 aromatic heterocycles. The molecule has 116 valence electrons. The number of thiophene rings is 1. The normalized spacial score (nSPS) is 11.6. The summed E-state index contributed by atoms with van der Waals surface area (Å²) in [7, 11) is 1.99. The smallest absolute Gasteiger partial charge is 0.0497 e. The first-order valence-corrected chi connectivity index (χ1v) is 8.93. The minimum absolute atomic E-state index is 0.905. The number of aryl methyl sites for hydroxylation is 1. The van der Waals surface area contributed by atoms with Crippen LogP contribution in [0.1, 0.15) is 12.5 Å². The lowest BCUT2D eigenvalue weighted by Gasteiger charge is -2.05. The second-order valence-electron chi connectivity index (χ2n) is 5.84. The highest BCUT2D eigenvalue weighted by Gasteiger charge is 2.11. The average Bonchev–Trinajstić information content (AvgIpc) is 3.20. The van der Waals surface area contributed by atoms with Crippen LogP contribution < -0.4 is 5.32 Å². The summed E-state index contributed by atoms with van der Waals surface area (Å²) in [6.45, 7) is 4.11. The number of aromatic nitrogens is 1. The van der Waals surface area contributed by atoms with Crippen LogP contribution in [0.15, 0.2) is 53.9 Å². The van der Waals surface area contributed by atoms with E-state index < -0.39 is 0 Å². The zero-order valence-corrected chi connectivity index (χ0v) is 14.3. The van der Waals surface area contributed by atoms with Gasteiger partial charge in [0.15, 0.2) is 0 Å². The molecule has 3 heteroatoms. The molecule has 2 heterocycles. The van der Waals surface area contributed by atoms with Crippen molar-refractivity contribution in [2.75, 3.05) is 7.05 Å². The van der Waals surface area contributed by atoms with Crippen LogP contribution in [0.5, 0.6) is 0 Å². The van der Waals surface area contributed by atoms with Crippen molar-refractivity contribution in [1.29, 1.82) is 0 Å². The van der Waals surface area contributed by atoms with Crippen molar-refractivity contribution in [2.24, 2.45) is 0 Å². The molecule has 0 unspecified atom stereocenters. The van der Waals surface area contributed by atoms with Crippen molar-refractivity contribution in [1.82, 2.24) is 9.88 Å². The van der Waals surface area contributed by atoms with Gasteiger partial charge in [-0.15, -0.1) is 11.3 Å². The average molecular weight is 320 g/mol. The maximum Gasteiger partial charge on any atom is 0.0497 e. The van der Waals surface area contributed by atoms with E-state index in [9.17, 15) is 0 Å². The van der Waals surface area contributed by atoms with Gasteiger partial charge in [-0.3, -0.25) is 0 Å². The second-order valence-corrected chi connectivity index (χ2v) is 6.78. The predicted molar refractivity (Wildman–Crippen MR) is 101 cm³/mol. The van der Waals surface area contributed by atoms with Crippen LogP contribution in [0.3, 0.4) is 0 Å². The van der Waals surface area contributed by atoms with Crippen LogP contribution in [0.4, 0.5) is 0 Å². The Balaban J connectivity index is 1.99. The van der Waals surface area contributed by atoms with E-state index in [1.54, 1.807) is 11.3 Å². The molecule has 4 aromatic rings. The molecule has 0 aliphatic carbocycles. The molecule has 2 nitrogen and oxygen atoms in total. The standard InChI is InChI=1S/C20H20N2S/c1-3-22-18-9-6-14(13-21-2)11-17(18)16-8-7-15(12-19(16)22)20-5-4-10-23-20/h4-12,21H,3,13H2,1-2H3. The van der Waals surface area contributed by atoms with Crippen LogP contribution in [0.25, 0.3) is 32.2 Å². The number of nitrogens with one attached hydrogen (secondary N) is 1. The van der Waals surface area contributed by atoms with Gasteiger partial charge in [0.1, 0.15) is 0 Å². The number of hydrogen-bond donors (Lipinski definition) is 1. The van der Waals surface area contributed by atoms with Crippen LogP contribution in [-0.4, -0.2) is 11.6 Å². The number of nitrogens with zero attached hydrogens (tertiary/aromatic N) is 1. The largest absolute Gasteiger partial charge is 0.341 e. The zero-order chi connectivity index (χ0) is 15.8. The highest BCUT2D eigenvalue weighted by Crippen LogP contribution is 2.34. The zero-order valence-electron chi connectivity index (χ0n) is 13.5. The van der Waals surface area contributed by atoms with Gasteiger partial charge in [-0.2, -0.15) is 0 Å². The van der Waals surface area contributed by atoms with Crippen molar-refractivity contribution in [2.45, 2.75) is 20.0 Å². The number of benzene rings is 2. The fourth-order valence-corrected chi connectivity index (χ4v) is 4.12. The van der Waals surface area contributed by atoms with Gasteiger partial charge in [-0.25, -0.2) is 0 Å². The molecule has 0 saturated heterocycles. The van der Waals surface area contributed by atoms with Gasteiger partial charge >= 0.3 is 0 Å². The van der Waals surface area contributed by atoms with E-state index in [-0.39, 0.29) is 0 Å². The Morgan fingerprint density at radius 1 is 1.00 bits per heavy atom. The molecule has 1 N–H and O–H groups in total.